The van der Waals surface area contributed by atoms with E-state index in [0.717, 1.165) is 25.2 Å². The molecule has 2 aliphatic heterocycles. The Hall–Kier alpha value is -3.86. The van der Waals surface area contributed by atoms with Crippen LogP contribution in [-0.2, 0) is 19.5 Å². The number of hydrogen-bond donors (Lipinski definition) is 2. The summed E-state index contributed by atoms with van der Waals surface area (Å²) in [5, 5.41) is 6.97. The van der Waals surface area contributed by atoms with Crippen molar-refractivity contribution in [2.75, 3.05) is 29.9 Å². The highest BCUT2D eigenvalue weighted by molar-refractivity contribution is 5.77. The number of fused-ring (bicyclic) bond motifs is 2. The first-order chi connectivity index (χ1) is 16.9. The highest BCUT2D eigenvalue weighted by Gasteiger charge is 2.44. The molecule has 6 rings (SSSR count). The molecule has 11 heteroatoms. The average Bonchev–Trinajstić information content (AvgIpc) is 3.13. The van der Waals surface area contributed by atoms with Gasteiger partial charge in [0.05, 0.1) is 13.1 Å². The Labute approximate surface area is 199 Å². The summed E-state index contributed by atoms with van der Waals surface area (Å²) in [6.45, 7) is 3.27. The lowest BCUT2D eigenvalue weighted by Gasteiger charge is -2.39. The normalized spacial score (nSPS) is 16.7. The number of nitrogens with one attached hydrogen (secondary N) is 2. The number of benzene rings is 1. The van der Waals surface area contributed by atoms with Gasteiger partial charge < -0.3 is 15.5 Å². The van der Waals surface area contributed by atoms with Crippen LogP contribution >= 0.6 is 0 Å². The van der Waals surface area contributed by atoms with E-state index in [1.807, 2.05) is 13.0 Å². The summed E-state index contributed by atoms with van der Waals surface area (Å²) in [6, 6.07) is 11.3. The summed E-state index contributed by atoms with van der Waals surface area (Å²) in [6.07, 6.45) is 2.51. The maximum Gasteiger partial charge on any atom is 0.282 e. The Morgan fingerprint density at radius 2 is 1.94 bits per heavy atom. The molecular weight excluding hydrogens is 454 g/mol. The lowest BCUT2D eigenvalue weighted by Crippen LogP contribution is -2.56. The second kappa shape index (κ2) is 8.12. The molecule has 1 fully saturated rings. The van der Waals surface area contributed by atoms with Crippen molar-refractivity contribution in [3.05, 3.63) is 64.1 Å². The van der Waals surface area contributed by atoms with Crippen LogP contribution in [0, 0.1) is 0 Å². The fourth-order valence-electron chi connectivity index (χ4n) is 4.67. The van der Waals surface area contributed by atoms with Crippen molar-refractivity contribution in [3.63, 3.8) is 0 Å². The summed E-state index contributed by atoms with van der Waals surface area (Å²) in [4.78, 5) is 28.2. The Kier molecular flexibility index (Phi) is 5.03. The molecule has 0 radical (unpaired) electrons. The molecule has 0 bridgehead atoms. The van der Waals surface area contributed by atoms with E-state index in [1.54, 1.807) is 22.9 Å². The number of nitrogens with zero attached hydrogens (tertiary/aromatic N) is 6. The third-order valence-electron chi connectivity index (χ3n) is 6.43. The van der Waals surface area contributed by atoms with Crippen molar-refractivity contribution in [1.82, 2.24) is 29.6 Å². The van der Waals surface area contributed by atoms with Crippen molar-refractivity contribution < 1.29 is 8.78 Å². The second-order valence-electron chi connectivity index (χ2n) is 8.86. The predicted molar refractivity (Wildman–Crippen MR) is 129 cm³/mol. The zero-order valence-electron chi connectivity index (χ0n) is 19.1. The molecule has 35 heavy (non-hydrogen) atoms. The van der Waals surface area contributed by atoms with E-state index in [4.69, 9.17) is 0 Å². The van der Waals surface area contributed by atoms with Crippen LogP contribution in [0.4, 0.5) is 26.2 Å². The molecule has 0 atom stereocenters. The first-order valence-electron chi connectivity index (χ1n) is 11.6. The fraction of sp³-hybridized carbons (Fsp3) is 0.333. The first-order valence-corrected chi connectivity index (χ1v) is 11.6. The maximum atomic E-state index is 13.4. The van der Waals surface area contributed by atoms with Gasteiger partial charge in [0, 0.05) is 25.0 Å². The van der Waals surface area contributed by atoms with E-state index >= 15 is 0 Å². The van der Waals surface area contributed by atoms with Gasteiger partial charge in [0.1, 0.15) is 11.2 Å². The van der Waals surface area contributed by atoms with E-state index in [0.29, 0.717) is 35.2 Å². The van der Waals surface area contributed by atoms with Gasteiger partial charge in [-0.3, -0.25) is 4.79 Å². The maximum absolute atomic E-state index is 13.4. The van der Waals surface area contributed by atoms with Gasteiger partial charge in [-0.2, -0.15) is 4.98 Å². The molecule has 3 aromatic heterocycles. The van der Waals surface area contributed by atoms with Gasteiger partial charge in [0.2, 0.25) is 5.95 Å². The van der Waals surface area contributed by atoms with Crippen molar-refractivity contribution in [2.45, 2.75) is 32.4 Å². The molecule has 180 valence electrons. The van der Waals surface area contributed by atoms with Crippen LogP contribution in [0.5, 0.6) is 0 Å². The SMILES string of the molecule is CCn1c(=O)c2cnc(Nc3ccc4c(c3)CNCC4)nc2n1-c1cccc(N2CC(F)(F)C2)n1. The zero-order valence-corrected chi connectivity index (χ0v) is 19.1. The highest BCUT2D eigenvalue weighted by atomic mass is 19.3. The Balaban J connectivity index is 1.39. The second-order valence-corrected chi connectivity index (χ2v) is 8.86. The molecule has 0 saturated carbocycles. The van der Waals surface area contributed by atoms with Crippen LogP contribution in [0.3, 0.4) is 0 Å². The van der Waals surface area contributed by atoms with Crippen LogP contribution in [0.1, 0.15) is 18.1 Å². The van der Waals surface area contributed by atoms with Gasteiger partial charge in [-0.15, -0.1) is 0 Å². The molecule has 0 amide bonds. The molecule has 4 aromatic rings. The summed E-state index contributed by atoms with van der Waals surface area (Å²) >= 11 is 0. The fourth-order valence-corrected chi connectivity index (χ4v) is 4.67. The Morgan fingerprint density at radius 3 is 2.74 bits per heavy atom. The predicted octanol–water partition coefficient (Wildman–Crippen LogP) is 2.84. The minimum absolute atomic E-state index is 0.239. The van der Waals surface area contributed by atoms with Crippen LogP contribution in [0.15, 0.2) is 47.4 Å². The average molecular weight is 479 g/mol. The van der Waals surface area contributed by atoms with E-state index in [9.17, 15) is 13.6 Å². The van der Waals surface area contributed by atoms with E-state index in [2.05, 4.69) is 37.7 Å². The number of hydrogen-bond acceptors (Lipinski definition) is 7. The quantitative estimate of drug-likeness (QED) is 0.456. The third kappa shape index (κ3) is 3.81. The van der Waals surface area contributed by atoms with Gasteiger partial charge in [-0.25, -0.2) is 28.1 Å². The number of pyridine rings is 1. The highest BCUT2D eigenvalue weighted by Crippen LogP contribution is 2.31. The number of rotatable bonds is 5. The van der Waals surface area contributed by atoms with Gasteiger partial charge in [0.15, 0.2) is 11.5 Å². The third-order valence-corrected chi connectivity index (χ3v) is 6.43. The number of halogens is 2. The van der Waals surface area contributed by atoms with E-state index in [1.165, 1.54) is 26.9 Å². The smallest absolute Gasteiger partial charge is 0.282 e. The van der Waals surface area contributed by atoms with Crippen LogP contribution in [-0.4, -0.2) is 49.9 Å². The summed E-state index contributed by atoms with van der Waals surface area (Å²) in [5.74, 6) is -1.50. The van der Waals surface area contributed by atoms with Gasteiger partial charge in [-0.05, 0) is 55.3 Å². The van der Waals surface area contributed by atoms with Gasteiger partial charge in [0.25, 0.3) is 11.5 Å². The molecular formula is C24H24F2N8O. The lowest BCUT2D eigenvalue weighted by atomic mass is 10.0. The first kappa shape index (κ1) is 21.7. The van der Waals surface area contributed by atoms with Crippen molar-refractivity contribution in [1.29, 1.82) is 0 Å². The Morgan fingerprint density at radius 1 is 1.11 bits per heavy atom. The molecule has 1 aromatic carbocycles. The van der Waals surface area contributed by atoms with Crippen molar-refractivity contribution >= 4 is 28.5 Å². The van der Waals surface area contributed by atoms with Gasteiger partial charge >= 0.3 is 0 Å². The van der Waals surface area contributed by atoms with Crippen LogP contribution in [0.2, 0.25) is 0 Å². The molecule has 0 aliphatic carbocycles. The van der Waals surface area contributed by atoms with Crippen LogP contribution in [0.25, 0.3) is 16.9 Å². The molecule has 2 aliphatic rings. The van der Waals surface area contributed by atoms with E-state index < -0.39 is 5.92 Å². The molecule has 5 heterocycles. The summed E-state index contributed by atoms with van der Waals surface area (Å²) in [7, 11) is 0. The minimum Gasteiger partial charge on any atom is -0.344 e. The monoisotopic (exact) mass is 478 g/mol. The van der Waals surface area contributed by atoms with Crippen LogP contribution < -0.4 is 21.1 Å². The molecule has 1 saturated heterocycles. The number of anilines is 3. The Bertz CT molecular complexity index is 1490. The number of aromatic nitrogens is 5. The van der Waals surface area contributed by atoms with Crippen molar-refractivity contribution in [3.8, 4) is 5.82 Å². The standard InChI is InChI=1S/C24H24F2N8O/c1-2-33-22(35)18-12-28-23(29-17-7-6-15-8-9-27-11-16(15)10-17)31-21(18)34(33)20-5-3-4-19(30-20)32-13-24(25,26)14-32/h3-7,10,12,27H,2,8-9,11,13-14H2,1H3,(H,28,29,31). The van der Waals surface area contributed by atoms with E-state index in [-0.39, 0.29) is 18.6 Å². The topological polar surface area (TPSA) is 92.9 Å². The van der Waals surface area contributed by atoms with Gasteiger partial charge in [-0.1, -0.05) is 12.1 Å². The summed E-state index contributed by atoms with van der Waals surface area (Å²) < 4.78 is 29.9. The molecule has 0 spiro atoms. The molecule has 2 N–H and O–H groups in total. The lowest BCUT2D eigenvalue weighted by molar-refractivity contribution is -0.0267. The zero-order chi connectivity index (χ0) is 24.2. The summed E-state index contributed by atoms with van der Waals surface area (Å²) in [5.41, 5.74) is 3.57. The minimum atomic E-state index is -2.70. The molecule has 0 unspecified atom stereocenters. The molecule has 9 nitrogen and oxygen atoms in total. The number of alkyl halides is 2. The largest absolute Gasteiger partial charge is 0.344 e. The van der Waals surface area contributed by atoms with Crippen molar-refractivity contribution in [2.24, 2.45) is 0 Å².